The third-order valence-electron chi connectivity index (χ3n) is 5.17. The van der Waals surface area contributed by atoms with Crippen molar-refractivity contribution in [2.24, 2.45) is 0 Å². The highest BCUT2D eigenvalue weighted by Crippen LogP contribution is 2.33. The molecule has 0 unspecified atom stereocenters. The zero-order valence-corrected chi connectivity index (χ0v) is 17.6. The van der Waals surface area contributed by atoms with Gasteiger partial charge in [0.1, 0.15) is 0 Å². The minimum Gasteiger partial charge on any atom is -0.296 e. The first-order valence-electron chi connectivity index (χ1n) is 9.58. The lowest BCUT2D eigenvalue weighted by molar-refractivity contribution is 0.101. The molecule has 1 N–H and O–H groups in total. The molecule has 1 aliphatic carbocycles. The van der Waals surface area contributed by atoms with Crippen molar-refractivity contribution >= 4 is 50.7 Å². The lowest BCUT2D eigenvalue weighted by Crippen LogP contribution is -2.12. The quantitative estimate of drug-likeness (QED) is 0.264. The fourth-order valence-electron chi connectivity index (χ4n) is 3.76. The Hall–Kier alpha value is -3.03. The Bertz CT molecular complexity index is 1260. The number of carbonyl (C=O) groups excluding carboxylic acids is 2. The van der Waals surface area contributed by atoms with E-state index in [1.807, 2.05) is 42.5 Å². The van der Waals surface area contributed by atoms with E-state index in [1.54, 1.807) is 12.1 Å². The summed E-state index contributed by atoms with van der Waals surface area (Å²) in [6.45, 7) is 0. The van der Waals surface area contributed by atoms with E-state index in [-0.39, 0.29) is 17.4 Å². The van der Waals surface area contributed by atoms with Gasteiger partial charge in [0.15, 0.2) is 10.1 Å². The molecule has 5 nitrogen and oxygen atoms in total. The van der Waals surface area contributed by atoms with Gasteiger partial charge in [0, 0.05) is 11.1 Å². The van der Waals surface area contributed by atoms with Crippen molar-refractivity contribution in [3.05, 3.63) is 82.9 Å². The van der Waals surface area contributed by atoms with Gasteiger partial charge in [0.2, 0.25) is 5.13 Å². The number of anilines is 1. The van der Waals surface area contributed by atoms with Crippen LogP contribution in [0.4, 0.5) is 5.13 Å². The maximum atomic E-state index is 12.9. The predicted molar refractivity (Wildman–Crippen MR) is 121 cm³/mol. The second-order valence-electron chi connectivity index (χ2n) is 7.02. The minimum atomic E-state index is -0.196. The van der Waals surface area contributed by atoms with Gasteiger partial charge in [-0.15, -0.1) is 10.2 Å². The van der Waals surface area contributed by atoms with Crippen LogP contribution in [0.15, 0.2) is 65.0 Å². The number of nitrogens with zero attached hydrogens (tertiary/aromatic N) is 2. The fraction of sp³-hybridized carbons (Fsp3) is 0.130. The maximum absolute atomic E-state index is 12.9. The average Bonchev–Trinajstić information content (AvgIpc) is 3.41. The van der Waals surface area contributed by atoms with Gasteiger partial charge in [-0.25, -0.2) is 0 Å². The predicted octanol–water partition coefficient (Wildman–Crippen LogP) is 5.02. The SMILES string of the molecule is O=C(CSc1nnc(NC(=O)c2ccc3c4c(cccc24)CC3)s1)c1ccccc1. The van der Waals surface area contributed by atoms with Gasteiger partial charge in [-0.3, -0.25) is 14.9 Å². The van der Waals surface area contributed by atoms with E-state index in [9.17, 15) is 9.59 Å². The van der Waals surface area contributed by atoms with E-state index in [2.05, 4.69) is 21.6 Å². The number of Topliss-reactive ketones (excluding diaryl/α,β-unsaturated/α-hetero) is 1. The van der Waals surface area contributed by atoms with Crippen LogP contribution in [0.3, 0.4) is 0 Å². The molecule has 0 spiro atoms. The van der Waals surface area contributed by atoms with Crippen molar-refractivity contribution in [3.63, 3.8) is 0 Å². The van der Waals surface area contributed by atoms with Crippen LogP contribution in [0.5, 0.6) is 0 Å². The van der Waals surface area contributed by atoms with Crippen LogP contribution in [0.25, 0.3) is 10.8 Å². The second-order valence-corrected chi connectivity index (χ2v) is 9.22. The summed E-state index contributed by atoms with van der Waals surface area (Å²) in [4.78, 5) is 25.1. The standard InChI is InChI=1S/C23H17N3O2S2/c27-19(14-5-2-1-3-6-14)13-29-23-26-25-22(30-23)24-21(28)18-12-11-16-10-9-15-7-4-8-17(18)20(15)16/h1-8,11-12H,9-10,13H2,(H,24,25,28). The highest BCUT2D eigenvalue weighted by Gasteiger charge is 2.19. The monoisotopic (exact) mass is 431 g/mol. The lowest BCUT2D eigenvalue weighted by atomic mass is 9.99. The van der Waals surface area contributed by atoms with Crippen LogP contribution >= 0.6 is 23.1 Å². The summed E-state index contributed by atoms with van der Waals surface area (Å²) in [5.41, 5.74) is 3.92. The highest BCUT2D eigenvalue weighted by atomic mass is 32.2. The zero-order valence-electron chi connectivity index (χ0n) is 15.9. The molecule has 1 aliphatic rings. The average molecular weight is 432 g/mol. The third kappa shape index (κ3) is 3.62. The van der Waals surface area contributed by atoms with Gasteiger partial charge in [0.05, 0.1) is 5.75 Å². The molecular formula is C23H17N3O2S2. The summed E-state index contributed by atoms with van der Waals surface area (Å²) in [7, 11) is 0. The smallest absolute Gasteiger partial charge is 0.258 e. The Labute approximate surface area is 181 Å². The Balaban J connectivity index is 1.29. The molecule has 7 heteroatoms. The van der Waals surface area contributed by atoms with Crippen LogP contribution in [0, 0.1) is 0 Å². The highest BCUT2D eigenvalue weighted by molar-refractivity contribution is 8.01. The van der Waals surface area contributed by atoms with E-state index in [0.29, 0.717) is 20.6 Å². The number of nitrogens with one attached hydrogen (secondary N) is 1. The van der Waals surface area contributed by atoms with Gasteiger partial charge < -0.3 is 0 Å². The number of ketones is 1. The molecule has 4 aromatic rings. The van der Waals surface area contributed by atoms with Gasteiger partial charge in [0.25, 0.3) is 5.91 Å². The van der Waals surface area contributed by atoms with E-state index in [4.69, 9.17) is 0 Å². The Morgan fingerprint density at radius 2 is 1.73 bits per heavy atom. The zero-order chi connectivity index (χ0) is 20.5. The molecular weight excluding hydrogens is 414 g/mol. The Morgan fingerprint density at radius 1 is 0.933 bits per heavy atom. The number of hydrogen-bond acceptors (Lipinski definition) is 6. The summed E-state index contributed by atoms with van der Waals surface area (Å²) in [5.74, 6) is 0.120. The molecule has 5 rings (SSSR count). The van der Waals surface area contributed by atoms with E-state index in [0.717, 1.165) is 18.2 Å². The fourth-order valence-corrected chi connectivity index (χ4v) is 5.40. The maximum Gasteiger partial charge on any atom is 0.258 e. The number of carbonyl (C=O) groups is 2. The third-order valence-corrected chi connectivity index (χ3v) is 7.14. The number of benzene rings is 3. The van der Waals surface area contributed by atoms with Crippen LogP contribution < -0.4 is 5.32 Å². The molecule has 0 radical (unpaired) electrons. The van der Waals surface area contributed by atoms with Crippen LogP contribution in [0.2, 0.25) is 0 Å². The van der Waals surface area contributed by atoms with Gasteiger partial charge in [-0.1, -0.05) is 77.7 Å². The van der Waals surface area contributed by atoms with E-state index in [1.165, 1.54) is 39.6 Å². The summed E-state index contributed by atoms with van der Waals surface area (Å²) in [5, 5.41) is 13.6. The lowest BCUT2D eigenvalue weighted by Gasteiger charge is -2.08. The van der Waals surface area contributed by atoms with Gasteiger partial charge >= 0.3 is 0 Å². The largest absolute Gasteiger partial charge is 0.296 e. The first-order chi connectivity index (χ1) is 14.7. The molecule has 0 aliphatic heterocycles. The van der Waals surface area contributed by atoms with Crippen molar-refractivity contribution in [1.29, 1.82) is 0 Å². The summed E-state index contributed by atoms with van der Waals surface area (Å²) in [6, 6.07) is 19.2. The van der Waals surface area contributed by atoms with Crippen molar-refractivity contribution in [1.82, 2.24) is 10.2 Å². The van der Waals surface area contributed by atoms with E-state index >= 15 is 0 Å². The number of hydrogen-bond donors (Lipinski definition) is 1. The van der Waals surface area contributed by atoms with Crippen LogP contribution in [0.1, 0.15) is 31.8 Å². The second kappa shape index (κ2) is 8.01. The molecule has 30 heavy (non-hydrogen) atoms. The molecule has 0 saturated carbocycles. The molecule has 0 saturated heterocycles. The molecule has 3 aromatic carbocycles. The van der Waals surface area contributed by atoms with Crippen molar-refractivity contribution in [2.75, 3.05) is 11.1 Å². The Morgan fingerprint density at radius 3 is 2.57 bits per heavy atom. The molecule has 0 fully saturated rings. The molecule has 0 bridgehead atoms. The Kier molecular flexibility index (Phi) is 5.06. The van der Waals surface area contributed by atoms with Crippen molar-refractivity contribution in [2.45, 2.75) is 17.2 Å². The number of amides is 1. The normalized spacial score (nSPS) is 12.3. The van der Waals surface area contributed by atoms with Gasteiger partial charge in [-0.2, -0.15) is 0 Å². The first-order valence-corrected chi connectivity index (χ1v) is 11.4. The van der Waals surface area contributed by atoms with Crippen molar-refractivity contribution < 1.29 is 9.59 Å². The van der Waals surface area contributed by atoms with Crippen LogP contribution in [-0.2, 0) is 12.8 Å². The summed E-state index contributed by atoms with van der Waals surface area (Å²) in [6.07, 6.45) is 2.05. The number of aromatic nitrogens is 2. The molecule has 1 heterocycles. The number of rotatable bonds is 6. The summed E-state index contributed by atoms with van der Waals surface area (Å²) < 4.78 is 0.648. The minimum absolute atomic E-state index is 0.0364. The molecule has 1 aromatic heterocycles. The van der Waals surface area contributed by atoms with Gasteiger partial charge in [-0.05, 0) is 40.8 Å². The number of thioether (sulfide) groups is 1. The molecule has 0 atom stereocenters. The first kappa shape index (κ1) is 19.0. The van der Waals surface area contributed by atoms with Crippen LogP contribution in [-0.4, -0.2) is 27.6 Å². The van der Waals surface area contributed by atoms with Crippen molar-refractivity contribution in [3.8, 4) is 0 Å². The molecule has 1 amide bonds. The van der Waals surface area contributed by atoms with E-state index < -0.39 is 0 Å². The topological polar surface area (TPSA) is 72.0 Å². The number of aryl methyl sites for hydroxylation is 2. The molecule has 148 valence electrons. The summed E-state index contributed by atoms with van der Waals surface area (Å²) >= 11 is 2.60.